The summed E-state index contributed by atoms with van der Waals surface area (Å²) in [6, 6.07) is 22.3. The summed E-state index contributed by atoms with van der Waals surface area (Å²) in [5, 5.41) is 23.5. The quantitative estimate of drug-likeness (QED) is 0.118. The molecule has 2 aromatic heterocycles. The Kier molecular flexibility index (Phi) is 11.2. The van der Waals surface area contributed by atoms with E-state index in [-0.39, 0.29) is 22.9 Å². The van der Waals surface area contributed by atoms with Crippen molar-refractivity contribution in [1.82, 2.24) is 15.3 Å². The van der Waals surface area contributed by atoms with Crippen LogP contribution in [0.2, 0.25) is 5.02 Å². The van der Waals surface area contributed by atoms with Crippen molar-refractivity contribution in [3.63, 3.8) is 0 Å². The van der Waals surface area contributed by atoms with Gasteiger partial charge in [0, 0.05) is 60.8 Å². The first-order valence-electron chi connectivity index (χ1n) is 14.3. The minimum absolute atomic E-state index is 0.00369. The van der Waals surface area contributed by atoms with E-state index >= 15 is 0 Å². The summed E-state index contributed by atoms with van der Waals surface area (Å²) in [5.41, 5.74) is 23.3. The lowest BCUT2D eigenvalue weighted by atomic mass is 9.78. The number of phenols is 1. The van der Waals surface area contributed by atoms with Crippen LogP contribution in [0.3, 0.4) is 0 Å². The molecule has 43 heavy (non-hydrogen) atoms. The monoisotopic (exact) mass is 602 g/mol. The van der Waals surface area contributed by atoms with Crippen LogP contribution in [-0.2, 0) is 29.6 Å². The molecule has 9 N–H and O–H groups in total. The standard InChI is InChI=1S/C33H39ClN6O3/c34-29-9-5-6-23(31(29)41)14-17-40-30(32(42)43)22-10-12-24(13-11-22)33(37,20-25(35)18-27-7-1-3-15-38-27)21-26(36)19-28-8-2-4-16-39-28/h1-13,15-16,25-26,30,40-41H,14,17-21,35-37H2,(H,42,43). The molecule has 4 rings (SSSR count). The Morgan fingerprint density at radius 1 is 0.860 bits per heavy atom. The average Bonchev–Trinajstić information content (AvgIpc) is 2.98. The second-order valence-electron chi connectivity index (χ2n) is 11.0. The summed E-state index contributed by atoms with van der Waals surface area (Å²) in [7, 11) is 0. The molecule has 2 heterocycles. The van der Waals surface area contributed by atoms with Gasteiger partial charge < -0.3 is 32.7 Å². The molecule has 3 atom stereocenters. The molecule has 2 aromatic carbocycles. The van der Waals surface area contributed by atoms with E-state index in [4.69, 9.17) is 28.8 Å². The molecule has 0 aliphatic carbocycles. The van der Waals surface area contributed by atoms with E-state index in [0.29, 0.717) is 49.8 Å². The number of hydrogen-bond donors (Lipinski definition) is 6. The molecule has 0 spiro atoms. The maximum atomic E-state index is 12.2. The summed E-state index contributed by atoms with van der Waals surface area (Å²) in [5.74, 6) is -1.01. The fourth-order valence-electron chi connectivity index (χ4n) is 5.44. The van der Waals surface area contributed by atoms with Crippen molar-refractivity contribution in [1.29, 1.82) is 0 Å². The molecule has 0 saturated heterocycles. The van der Waals surface area contributed by atoms with Crippen molar-refractivity contribution in [3.05, 3.63) is 124 Å². The molecule has 0 saturated carbocycles. The molecule has 3 unspecified atom stereocenters. The number of carbonyl (C=O) groups is 1. The number of benzene rings is 2. The number of para-hydroxylation sites is 1. The molecule has 0 aliphatic rings. The van der Waals surface area contributed by atoms with Gasteiger partial charge in [0.25, 0.3) is 0 Å². The van der Waals surface area contributed by atoms with E-state index in [0.717, 1.165) is 17.0 Å². The maximum absolute atomic E-state index is 12.2. The fourth-order valence-corrected chi connectivity index (χ4v) is 5.64. The number of nitrogens with two attached hydrogens (primary N) is 3. The highest BCUT2D eigenvalue weighted by Crippen LogP contribution is 2.31. The van der Waals surface area contributed by atoms with E-state index in [9.17, 15) is 15.0 Å². The Morgan fingerprint density at radius 2 is 1.44 bits per heavy atom. The van der Waals surface area contributed by atoms with Crippen LogP contribution in [0.15, 0.2) is 91.3 Å². The third kappa shape index (κ3) is 9.06. The van der Waals surface area contributed by atoms with Crippen LogP contribution < -0.4 is 22.5 Å². The van der Waals surface area contributed by atoms with Crippen molar-refractivity contribution < 1.29 is 15.0 Å². The number of carboxylic acid groups (broad SMARTS) is 1. The van der Waals surface area contributed by atoms with Gasteiger partial charge >= 0.3 is 5.97 Å². The van der Waals surface area contributed by atoms with E-state index in [1.54, 1.807) is 42.7 Å². The number of aromatic nitrogens is 2. The molecule has 0 bridgehead atoms. The first-order valence-corrected chi connectivity index (χ1v) is 14.7. The minimum atomic E-state index is -1.02. The second-order valence-corrected chi connectivity index (χ2v) is 11.4. The molecule has 0 radical (unpaired) electrons. The van der Waals surface area contributed by atoms with Gasteiger partial charge in [-0.25, -0.2) is 0 Å². The second kappa shape index (κ2) is 15.0. The molecule has 10 heteroatoms. The smallest absolute Gasteiger partial charge is 0.325 e. The van der Waals surface area contributed by atoms with Crippen LogP contribution in [0.4, 0.5) is 0 Å². The number of rotatable bonds is 15. The molecule has 226 valence electrons. The van der Waals surface area contributed by atoms with Crippen molar-refractivity contribution in [2.24, 2.45) is 17.2 Å². The Morgan fingerprint density at radius 3 is 1.95 bits per heavy atom. The Labute approximate surface area is 257 Å². The van der Waals surface area contributed by atoms with Crippen LogP contribution in [-0.4, -0.2) is 44.8 Å². The van der Waals surface area contributed by atoms with Gasteiger partial charge in [-0.05, 0) is 66.3 Å². The van der Waals surface area contributed by atoms with Crippen molar-refractivity contribution >= 4 is 17.6 Å². The third-order valence-electron chi connectivity index (χ3n) is 7.53. The summed E-state index contributed by atoms with van der Waals surface area (Å²) in [6.45, 7) is 0.318. The largest absolute Gasteiger partial charge is 0.506 e. The summed E-state index contributed by atoms with van der Waals surface area (Å²) in [6.07, 6.45) is 5.89. The zero-order valence-electron chi connectivity index (χ0n) is 23.9. The SMILES string of the molecule is NC(Cc1ccccn1)CC(N)(CC(N)Cc1ccccn1)c1ccc(C(NCCc2cccc(Cl)c2O)C(=O)O)cc1. The highest BCUT2D eigenvalue weighted by Gasteiger charge is 2.33. The lowest BCUT2D eigenvalue weighted by molar-refractivity contribution is -0.139. The lowest BCUT2D eigenvalue weighted by Gasteiger charge is -2.35. The molecule has 9 nitrogen and oxygen atoms in total. The minimum Gasteiger partial charge on any atom is -0.506 e. The summed E-state index contributed by atoms with van der Waals surface area (Å²) in [4.78, 5) is 21.0. The molecular formula is C33H39ClN6O3. The van der Waals surface area contributed by atoms with Crippen molar-refractivity contribution in [2.45, 2.75) is 55.8 Å². The molecular weight excluding hydrogens is 564 g/mol. The molecule has 0 fully saturated rings. The average molecular weight is 603 g/mol. The number of nitrogens with zero attached hydrogens (tertiary/aromatic N) is 2. The van der Waals surface area contributed by atoms with Crippen LogP contribution in [0.25, 0.3) is 0 Å². The van der Waals surface area contributed by atoms with E-state index in [2.05, 4.69) is 15.3 Å². The van der Waals surface area contributed by atoms with Gasteiger partial charge in [0.15, 0.2) is 0 Å². The van der Waals surface area contributed by atoms with Crippen LogP contribution in [0, 0.1) is 0 Å². The zero-order chi connectivity index (χ0) is 30.8. The van der Waals surface area contributed by atoms with Gasteiger partial charge in [-0.1, -0.05) is 60.1 Å². The van der Waals surface area contributed by atoms with E-state index < -0.39 is 17.6 Å². The number of nitrogens with one attached hydrogen (secondary N) is 1. The summed E-state index contributed by atoms with van der Waals surface area (Å²) < 4.78 is 0. The van der Waals surface area contributed by atoms with Crippen LogP contribution >= 0.6 is 11.6 Å². The number of halogens is 1. The van der Waals surface area contributed by atoms with Crippen LogP contribution in [0.5, 0.6) is 5.75 Å². The predicted octanol–water partition coefficient (Wildman–Crippen LogP) is 3.87. The first kappa shape index (κ1) is 32.1. The third-order valence-corrected chi connectivity index (χ3v) is 7.83. The van der Waals surface area contributed by atoms with E-state index in [1.807, 2.05) is 48.5 Å². The van der Waals surface area contributed by atoms with E-state index in [1.165, 1.54) is 0 Å². The Hall–Kier alpha value is -3.86. The Balaban J connectivity index is 1.51. The van der Waals surface area contributed by atoms with Crippen LogP contribution in [0.1, 0.15) is 47.0 Å². The number of hydrogen-bond acceptors (Lipinski definition) is 8. The van der Waals surface area contributed by atoms with Gasteiger partial charge in [-0.2, -0.15) is 0 Å². The number of aliphatic carboxylic acids is 1. The first-order chi connectivity index (χ1) is 20.6. The zero-order valence-corrected chi connectivity index (χ0v) is 24.7. The molecule has 0 amide bonds. The lowest BCUT2D eigenvalue weighted by Crippen LogP contribution is -2.47. The van der Waals surface area contributed by atoms with Crippen molar-refractivity contribution in [2.75, 3.05) is 6.54 Å². The van der Waals surface area contributed by atoms with Gasteiger partial charge in [0.1, 0.15) is 11.8 Å². The van der Waals surface area contributed by atoms with Crippen molar-refractivity contribution in [3.8, 4) is 5.75 Å². The van der Waals surface area contributed by atoms with Gasteiger partial charge in [0.05, 0.1) is 5.02 Å². The fraction of sp³-hybridized carbons (Fsp3) is 0.303. The highest BCUT2D eigenvalue weighted by molar-refractivity contribution is 6.32. The number of pyridine rings is 2. The van der Waals surface area contributed by atoms with Gasteiger partial charge in [0.2, 0.25) is 0 Å². The van der Waals surface area contributed by atoms with Gasteiger partial charge in [-0.3, -0.25) is 14.8 Å². The Bertz CT molecular complexity index is 1410. The number of carboxylic acids is 1. The predicted molar refractivity (Wildman–Crippen MR) is 169 cm³/mol. The topological polar surface area (TPSA) is 173 Å². The maximum Gasteiger partial charge on any atom is 0.325 e. The number of phenolic OH excluding ortho intramolecular Hbond substituents is 1. The summed E-state index contributed by atoms with van der Waals surface area (Å²) >= 11 is 6.00. The molecule has 4 aromatic rings. The highest BCUT2D eigenvalue weighted by atomic mass is 35.5. The normalized spacial score (nSPS) is 14.9. The van der Waals surface area contributed by atoms with Gasteiger partial charge in [-0.15, -0.1) is 0 Å². The molecule has 0 aliphatic heterocycles. The number of aromatic hydroxyl groups is 1.